The topological polar surface area (TPSA) is 99.0 Å². The second-order valence-corrected chi connectivity index (χ2v) is 4.68. The largest absolute Gasteiger partial charge is 0.360 e. The van der Waals surface area contributed by atoms with Crippen LogP contribution in [-0.2, 0) is 19.6 Å². The third-order valence-corrected chi connectivity index (χ3v) is 3.36. The molecule has 112 valence electrons. The zero-order chi connectivity index (χ0) is 15.4. The maximum atomic E-state index is 11.2. The van der Waals surface area contributed by atoms with Crippen molar-refractivity contribution < 1.29 is 4.92 Å². The Morgan fingerprint density at radius 3 is 2.62 bits per heavy atom. The fourth-order valence-electron chi connectivity index (χ4n) is 2.30. The Morgan fingerprint density at radius 1 is 1.38 bits per heavy atom. The molecule has 0 aliphatic heterocycles. The summed E-state index contributed by atoms with van der Waals surface area (Å²) < 4.78 is 1.61. The number of nitrogens with one attached hydrogen (secondary N) is 1. The Labute approximate surface area is 122 Å². The molecule has 3 N–H and O–H groups in total. The van der Waals surface area contributed by atoms with Crippen molar-refractivity contribution in [2.24, 2.45) is 5.73 Å². The molecule has 2 aromatic rings. The van der Waals surface area contributed by atoms with Crippen LogP contribution in [-0.4, -0.2) is 14.7 Å². The van der Waals surface area contributed by atoms with Gasteiger partial charge in [0.05, 0.1) is 4.92 Å². The zero-order valence-corrected chi connectivity index (χ0v) is 12.2. The summed E-state index contributed by atoms with van der Waals surface area (Å²) >= 11 is 0. The number of nitro groups is 1. The molecule has 2 rings (SSSR count). The van der Waals surface area contributed by atoms with Crippen molar-refractivity contribution in [3.63, 3.8) is 0 Å². The molecule has 0 radical (unpaired) electrons. The quantitative estimate of drug-likeness (QED) is 0.627. The standard InChI is InChI=1S/C14H19N5O2/c1-3-18-14(13(19(20)21)10(2)17-18)16-9-12-7-5-4-6-11(12)8-15/h4-7,16H,3,8-9,15H2,1-2H3. The highest BCUT2D eigenvalue weighted by atomic mass is 16.6. The van der Waals surface area contributed by atoms with Crippen LogP contribution in [0.4, 0.5) is 11.5 Å². The van der Waals surface area contributed by atoms with Crippen molar-refractivity contribution in [3.8, 4) is 0 Å². The molecule has 0 bridgehead atoms. The number of benzene rings is 1. The molecule has 0 aliphatic rings. The van der Waals surface area contributed by atoms with Crippen LogP contribution in [0.3, 0.4) is 0 Å². The molecule has 1 aromatic heterocycles. The molecule has 0 saturated heterocycles. The van der Waals surface area contributed by atoms with E-state index < -0.39 is 4.92 Å². The zero-order valence-electron chi connectivity index (χ0n) is 12.2. The van der Waals surface area contributed by atoms with Crippen LogP contribution >= 0.6 is 0 Å². The van der Waals surface area contributed by atoms with Crippen LogP contribution in [0.1, 0.15) is 23.7 Å². The van der Waals surface area contributed by atoms with Crippen molar-refractivity contribution in [3.05, 3.63) is 51.2 Å². The molecule has 0 amide bonds. The summed E-state index contributed by atoms with van der Waals surface area (Å²) in [6.07, 6.45) is 0. The normalized spacial score (nSPS) is 10.6. The molecule has 0 saturated carbocycles. The van der Waals surface area contributed by atoms with Gasteiger partial charge in [-0.25, -0.2) is 4.68 Å². The van der Waals surface area contributed by atoms with Crippen LogP contribution < -0.4 is 11.1 Å². The minimum absolute atomic E-state index is 0.0297. The summed E-state index contributed by atoms with van der Waals surface area (Å²) in [6, 6.07) is 7.76. The lowest BCUT2D eigenvalue weighted by atomic mass is 10.1. The highest BCUT2D eigenvalue weighted by Crippen LogP contribution is 2.28. The maximum absolute atomic E-state index is 11.2. The van der Waals surface area contributed by atoms with Gasteiger partial charge in [0.15, 0.2) is 0 Å². The minimum Gasteiger partial charge on any atom is -0.360 e. The van der Waals surface area contributed by atoms with Gasteiger partial charge in [-0.05, 0) is 25.0 Å². The molecule has 7 heteroatoms. The van der Waals surface area contributed by atoms with Gasteiger partial charge in [0, 0.05) is 19.6 Å². The van der Waals surface area contributed by atoms with E-state index in [0.29, 0.717) is 31.1 Å². The van der Waals surface area contributed by atoms with Gasteiger partial charge in [-0.15, -0.1) is 0 Å². The first-order valence-corrected chi connectivity index (χ1v) is 6.81. The molecule has 0 spiro atoms. The van der Waals surface area contributed by atoms with Gasteiger partial charge in [0.2, 0.25) is 5.82 Å². The smallest absolute Gasteiger partial charge is 0.333 e. The molecule has 0 aliphatic carbocycles. The fourth-order valence-corrected chi connectivity index (χ4v) is 2.30. The number of nitrogens with zero attached hydrogens (tertiary/aromatic N) is 3. The van der Waals surface area contributed by atoms with E-state index in [4.69, 9.17) is 5.73 Å². The lowest BCUT2D eigenvalue weighted by molar-refractivity contribution is -0.384. The van der Waals surface area contributed by atoms with Crippen LogP contribution in [0.25, 0.3) is 0 Å². The summed E-state index contributed by atoms with van der Waals surface area (Å²) in [5.74, 6) is 0.437. The molecule has 1 aromatic carbocycles. The van der Waals surface area contributed by atoms with Crippen molar-refractivity contribution >= 4 is 11.5 Å². The van der Waals surface area contributed by atoms with E-state index in [1.807, 2.05) is 31.2 Å². The van der Waals surface area contributed by atoms with E-state index >= 15 is 0 Å². The Morgan fingerprint density at radius 2 is 2.05 bits per heavy atom. The van der Waals surface area contributed by atoms with Gasteiger partial charge in [0.1, 0.15) is 5.69 Å². The highest BCUT2D eigenvalue weighted by Gasteiger charge is 2.24. The highest BCUT2D eigenvalue weighted by molar-refractivity contribution is 5.59. The number of hydrogen-bond acceptors (Lipinski definition) is 5. The van der Waals surface area contributed by atoms with Gasteiger partial charge in [-0.2, -0.15) is 5.10 Å². The van der Waals surface area contributed by atoms with E-state index in [-0.39, 0.29) is 5.69 Å². The third-order valence-electron chi connectivity index (χ3n) is 3.36. The molecule has 7 nitrogen and oxygen atoms in total. The SMILES string of the molecule is CCn1nc(C)c([N+](=O)[O-])c1NCc1ccccc1CN. The Hall–Kier alpha value is -2.41. The fraction of sp³-hybridized carbons (Fsp3) is 0.357. The Balaban J connectivity index is 2.29. The van der Waals surface area contributed by atoms with Crippen molar-refractivity contribution in [1.82, 2.24) is 9.78 Å². The van der Waals surface area contributed by atoms with E-state index in [0.717, 1.165) is 11.1 Å². The average Bonchev–Trinajstić information content (AvgIpc) is 2.81. The Bertz CT molecular complexity index is 651. The summed E-state index contributed by atoms with van der Waals surface area (Å²) in [5, 5.41) is 18.5. The number of rotatable bonds is 6. The van der Waals surface area contributed by atoms with Crippen LogP contribution in [0, 0.1) is 17.0 Å². The summed E-state index contributed by atoms with van der Waals surface area (Å²) in [4.78, 5) is 10.8. The number of hydrogen-bond donors (Lipinski definition) is 2. The number of aromatic nitrogens is 2. The van der Waals surface area contributed by atoms with Crippen molar-refractivity contribution in [2.45, 2.75) is 33.5 Å². The second kappa shape index (κ2) is 6.36. The monoisotopic (exact) mass is 289 g/mol. The third kappa shape index (κ3) is 3.03. The second-order valence-electron chi connectivity index (χ2n) is 4.68. The van der Waals surface area contributed by atoms with Gasteiger partial charge >= 0.3 is 5.69 Å². The lowest BCUT2D eigenvalue weighted by Crippen LogP contribution is -2.10. The molecule has 0 unspecified atom stereocenters. The summed E-state index contributed by atoms with van der Waals surface area (Å²) in [5.41, 5.74) is 8.19. The summed E-state index contributed by atoms with van der Waals surface area (Å²) in [7, 11) is 0. The molecule has 0 atom stereocenters. The van der Waals surface area contributed by atoms with Crippen LogP contribution in [0.5, 0.6) is 0 Å². The van der Waals surface area contributed by atoms with E-state index in [2.05, 4.69) is 10.4 Å². The van der Waals surface area contributed by atoms with E-state index in [1.54, 1.807) is 11.6 Å². The predicted molar refractivity (Wildman–Crippen MR) is 81.0 cm³/mol. The van der Waals surface area contributed by atoms with Gasteiger partial charge in [-0.3, -0.25) is 10.1 Å². The minimum atomic E-state index is -0.397. The predicted octanol–water partition coefficient (Wildman–Crippen LogP) is 2.19. The molecular weight excluding hydrogens is 270 g/mol. The van der Waals surface area contributed by atoms with E-state index in [9.17, 15) is 10.1 Å². The van der Waals surface area contributed by atoms with Crippen molar-refractivity contribution in [1.29, 1.82) is 0 Å². The number of anilines is 1. The van der Waals surface area contributed by atoms with Gasteiger partial charge in [-0.1, -0.05) is 24.3 Å². The average molecular weight is 289 g/mol. The summed E-state index contributed by atoms with van der Waals surface area (Å²) in [6.45, 7) is 5.01. The Kier molecular flexibility index (Phi) is 4.54. The molecule has 21 heavy (non-hydrogen) atoms. The van der Waals surface area contributed by atoms with Gasteiger partial charge < -0.3 is 11.1 Å². The van der Waals surface area contributed by atoms with E-state index in [1.165, 1.54) is 0 Å². The first-order valence-electron chi connectivity index (χ1n) is 6.81. The molecule has 0 fully saturated rings. The number of nitrogens with two attached hydrogens (primary N) is 1. The first kappa shape index (κ1) is 15.0. The molecular formula is C14H19N5O2. The first-order chi connectivity index (χ1) is 10.1. The molecule has 1 heterocycles. The van der Waals surface area contributed by atoms with Crippen molar-refractivity contribution in [2.75, 3.05) is 5.32 Å². The lowest BCUT2D eigenvalue weighted by Gasteiger charge is -2.10. The van der Waals surface area contributed by atoms with Crippen LogP contribution in [0.15, 0.2) is 24.3 Å². The van der Waals surface area contributed by atoms with Gasteiger partial charge in [0.25, 0.3) is 0 Å². The maximum Gasteiger partial charge on any atom is 0.333 e. The van der Waals surface area contributed by atoms with Crippen LogP contribution in [0.2, 0.25) is 0 Å². The number of aryl methyl sites for hydroxylation is 2.